The largest absolute Gasteiger partial charge is 0.385 e. The number of rotatable bonds is 12. The van der Waals surface area contributed by atoms with E-state index in [0.717, 1.165) is 35.9 Å². The van der Waals surface area contributed by atoms with Crippen molar-refractivity contribution in [3.05, 3.63) is 96.6 Å². The summed E-state index contributed by atoms with van der Waals surface area (Å²) in [4.78, 5) is 12.0. The standard InChI is InChI=1S/C37H51N7/c1-36(20-6-7-21-36)22-10-11-25-40-30-14-12-18-34(41-28-30)44(31-15-4-3-5-16-31)35-19-13-17-33(43-35)42-32(39)26-29(38)27-37(2)23-8-9-24-37/h3-5,11-19,25-26,29,40H,6-10,20-24,27-28,38-39H2,1-2H3,(H,42,43)/b25-11-,32-26-. The molecular weight excluding hydrogens is 542 g/mol. The maximum absolute atomic E-state index is 6.48. The zero-order chi connectivity index (χ0) is 30.8. The van der Waals surface area contributed by atoms with Crippen LogP contribution in [0.25, 0.3) is 0 Å². The van der Waals surface area contributed by atoms with Crippen molar-refractivity contribution >= 4 is 23.2 Å². The zero-order valence-corrected chi connectivity index (χ0v) is 26.6. The van der Waals surface area contributed by atoms with Crippen LogP contribution in [0.4, 0.5) is 17.3 Å². The van der Waals surface area contributed by atoms with Crippen molar-refractivity contribution in [2.75, 3.05) is 16.8 Å². The molecule has 5 rings (SSSR count). The molecule has 1 aliphatic heterocycles. The third kappa shape index (κ3) is 8.85. The van der Waals surface area contributed by atoms with Gasteiger partial charge < -0.3 is 22.1 Å². The fourth-order valence-electron chi connectivity index (χ4n) is 6.98. The van der Waals surface area contributed by atoms with Gasteiger partial charge in [-0.25, -0.2) is 4.98 Å². The molecule has 0 radical (unpaired) electrons. The first-order valence-corrected chi connectivity index (χ1v) is 16.5. The normalized spacial score (nSPS) is 20.2. The van der Waals surface area contributed by atoms with Crippen LogP contribution in [0.15, 0.2) is 102 Å². The minimum absolute atomic E-state index is 0.0965. The Hall–Kier alpha value is -3.84. The molecule has 2 saturated carbocycles. The lowest BCUT2D eigenvalue weighted by molar-refractivity contribution is 0.296. The van der Waals surface area contributed by atoms with E-state index in [1.807, 2.05) is 54.6 Å². The van der Waals surface area contributed by atoms with E-state index in [-0.39, 0.29) is 6.04 Å². The maximum atomic E-state index is 6.48. The van der Waals surface area contributed by atoms with Gasteiger partial charge in [0.1, 0.15) is 17.5 Å². The summed E-state index contributed by atoms with van der Waals surface area (Å²) >= 11 is 0. The second kappa shape index (κ2) is 14.8. The Kier molecular flexibility index (Phi) is 10.6. The van der Waals surface area contributed by atoms with Crippen molar-refractivity contribution in [3.8, 4) is 0 Å². The predicted molar refractivity (Wildman–Crippen MR) is 185 cm³/mol. The van der Waals surface area contributed by atoms with Crippen LogP contribution in [0, 0.1) is 10.8 Å². The number of pyridine rings is 1. The van der Waals surface area contributed by atoms with E-state index in [2.05, 4.69) is 59.9 Å². The Bertz CT molecular complexity index is 1380. The SMILES string of the molecule is CC1(CC/C=C\NC2=CC=CC(N(c3ccccc3)c3cccc(N/C(N)=C\C(N)CC4(C)CCCC4)n3)=NC2)CCCC1. The maximum Gasteiger partial charge on any atom is 0.141 e. The Morgan fingerprint density at radius 2 is 1.70 bits per heavy atom. The molecule has 7 heteroatoms. The molecule has 0 bridgehead atoms. The van der Waals surface area contributed by atoms with E-state index in [1.54, 1.807) is 0 Å². The molecule has 44 heavy (non-hydrogen) atoms. The molecule has 2 heterocycles. The number of nitrogens with zero attached hydrogens (tertiary/aromatic N) is 3. The van der Waals surface area contributed by atoms with Gasteiger partial charge in [0.05, 0.1) is 12.4 Å². The molecule has 0 spiro atoms. The van der Waals surface area contributed by atoms with Gasteiger partial charge in [0.25, 0.3) is 0 Å². The first-order valence-electron chi connectivity index (χ1n) is 16.5. The highest BCUT2D eigenvalue weighted by atomic mass is 15.3. The molecule has 1 atom stereocenters. The number of nitrogens with two attached hydrogens (primary N) is 2. The molecule has 1 aromatic heterocycles. The highest BCUT2D eigenvalue weighted by molar-refractivity contribution is 6.10. The van der Waals surface area contributed by atoms with Crippen LogP contribution in [0.3, 0.4) is 0 Å². The van der Waals surface area contributed by atoms with E-state index in [0.29, 0.717) is 29.0 Å². The number of hydrogen-bond donors (Lipinski definition) is 4. The summed E-state index contributed by atoms with van der Waals surface area (Å²) in [6.45, 7) is 5.32. The van der Waals surface area contributed by atoms with Crippen LogP contribution >= 0.6 is 0 Å². The van der Waals surface area contributed by atoms with Crippen molar-refractivity contribution in [2.45, 2.75) is 90.5 Å². The van der Waals surface area contributed by atoms with Gasteiger partial charge >= 0.3 is 0 Å². The van der Waals surface area contributed by atoms with E-state index in [9.17, 15) is 0 Å². The molecule has 2 fully saturated rings. The number of para-hydroxylation sites is 1. The number of amidine groups is 1. The molecule has 7 nitrogen and oxygen atoms in total. The Morgan fingerprint density at radius 3 is 2.45 bits per heavy atom. The average Bonchev–Trinajstić information content (AvgIpc) is 3.56. The van der Waals surface area contributed by atoms with Gasteiger partial charge in [-0.3, -0.25) is 9.89 Å². The Balaban J connectivity index is 1.25. The monoisotopic (exact) mass is 593 g/mol. The molecule has 2 aromatic rings. The lowest BCUT2D eigenvalue weighted by Crippen LogP contribution is -2.28. The highest BCUT2D eigenvalue weighted by Crippen LogP contribution is 2.42. The van der Waals surface area contributed by atoms with Gasteiger partial charge in [0.2, 0.25) is 0 Å². The van der Waals surface area contributed by atoms with Crippen molar-refractivity contribution in [1.82, 2.24) is 10.3 Å². The minimum atomic E-state index is -0.0965. The third-order valence-electron chi connectivity index (χ3n) is 9.48. The number of benzene rings is 1. The average molecular weight is 594 g/mol. The first kappa shape index (κ1) is 31.6. The molecule has 6 N–H and O–H groups in total. The molecule has 3 aliphatic rings. The summed E-state index contributed by atoms with van der Waals surface area (Å²) < 4.78 is 0. The predicted octanol–water partition coefficient (Wildman–Crippen LogP) is 8.05. The number of allylic oxidation sites excluding steroid dienone is 3. The molecule has 0 saturated heterocycles. The van der Waals surface area contributed by atoms with Gasteiger partial charge in [0, 0.05) is 17.4 Å². The van der Waals surface area contributed by atoms with Crippen LogP contribution in [-0.4, -0.2) is 23.4 Å². The summed E-state index contributed by atoms with van der Waals surface area (Å²) in [6, 6.07) is 16.0. The van der Waals surface area contributed by atoms with Gasteiger partial charge in [-0.15, -0.1) is 0 Å². The lowest BCUT2D eigenvalue weighted by Gasteiger charge is -2.26. The van der Waals surface area contributed by atoms with E-state index in [4.69, 9.17) is 21.4 Å². The highest BCUT2D eigenvalue weighted by Gasteiger charge is 2.30. The van der Waals surface area contributed by atoms with Crippen LogP contribution in [0.1, 0.15) is 84.5 Å². The molecule has 2 aliphatic carbocycles. The summed E-state index contributed by atoms with van der Waals surface area (Å²) in [5.41, 5.74) is 15.8. The summed E-state index contributed by atoms with van der Waals surface area (Å²) in [7, 11) is 0. The van der Waals surface area contributed by atoms with Crippen LogP contribution in [-0.2, 0) is 0 Å². The van der Waals surface area contributed by atoms with Crippen molar-refractivity contribution in [3.63, 3.8) is 0 Å². The molecule has 0 amide bonds. The van der Waals surface area contributed by atoms with Gasteiger partial charge in [-0.2, -0.15) is 0 Å². The number of nitrogens with one attached hydrogen (secondary N) is 2. The van der Waals surface area contributed by atoms with Gasteiger partial charge in [-0.05, 0) is 104 Å². The van der Waals surface area contributed by atoms with Crippen molar-refractivity contribution in [2.24, 2.45) is 27.3 Å². The van der Waals surface area contributed by atoms with E-state index in [1.165, 1.54) is 57.8 Å². The number of aromatic nitrogens is 1. The van der Waals surface area contributed by atoms with Crippen molar-refractivity contribution < 1.29 is 0 Å². The van der Waals surface area contributed by atoms with Crippen LogP contribution in [0.5, 0.6) is 0 Å². The quantitative estimate of drug-likeness (QED) is 0.199. The lowest BCUT2D eigenvalue weighted by atomic mass is 9.82. The Labute approximate surface area is 264 Å². The summed E-state index contributed by atoms with van der Waals surface area (Å²) in [5.74, 6) is 2.73. The second-order valence-electron chi connectivity index (χ2n) is 13.5. The van der Waals surface area contributed by atoms with Gasteiger partial charge in [-0.1, -0.05) is 75.9 Å². The fourth-order valence-corrected chi connectivity index (χ4v) is 6.98. The molecule has 1 aromatic carbocycles. The smallest absolute Gasteiger partial charge is 0.141 e. The van der Waals surface area contributed by atoms with E-state index < -0.39 is 0 Å². The molecular formula is C37H51N7. The first-order chi connectivity index (χ1) is 21.3. The Morgan fingerprint density at radius 1 is 0.977 bits per heavy atom. The third-order valence-corrected chi connectivity index (χ3v) is 9.48. The molecule has 234 valence electrons. The number of hydrogen-bond acceptors (Lipinski definition) is 7. The van der Waals surface area contributed by atoms with E-state index >= 15 is 0 Å². The number of aliphatic imine (C=N–C) groups is 1. The second-order valence-corrected chi connectivity index (χ2v) is 13.5. The van der Waals surface area contributed by atoms with Gasteiger partial charge in [0.15, 0.2) is 0 Å². The number of anilines is 3. The minimum Gasteiger partial charge on any atom is -0.385 e. The fraction of sp³-hybridized carbons (Fsp3) is 0.459. The van der Waals surface area contributed by atoms with Crippen molar-refractivity contribution in [1.29, 1.82) is 0 Å². The zero-order valence-electron chi connectivity index (χ0n) is 26.6. The van der Waals surface area contributed by atoms with Crippen LogP contribution < -0.4 is 27.0 Å². The molecule has 1 unspecified atom stereocenters. The topological polar surface area (TPSA) is 105 Å². The summed E-state index contributed by atoms with van der Waals surface area (Å²) in [6.07, 6.45) is 26.3. The van der Waals surface area contributed by atoms with Crippen LogP contribution in [0.2, 0.25) is 0 Å². The summed E-state index contributed by atoms with van der Waals surface area (Å²) in [5, 5.41) is 6.73.